The van der Waals surface area contributed by atoms with Crippen molar-refractivity contribution in [3.05, 3.63) is 109 Å². The summed E-state index contributed by atoms with van der Waals surface area (Å²) in [6, 6.07) is 11.7. The number of H-pyrrole nitrogens is 1. The Kier molecular flexibility index (Phi) is 9.56. The average molecular weight is 585 g/mol. The molecule has 1 aromatic heterocycles. The van der Waals surface area contributed by atoms with Crippen LogP contribution in [0.5, 0.6) is 0 Å². The van der Waals surface area contributed by atoms with E-state index in [1.54, 1.807) is 42.8 Å². The van der Waals surface area contributed by atoms with Crippen LogP contribution in [0.15, 0.2) is 82.1 Å². The standard InChI is InChI=1S/C32H36N6O5/c1-20-24(8-5-9-26(20)37-30(40)25-12-10-22(32(2,3)4)18-28(25)38(42)43)21-17-27(31(41)35-19-21)36-29-13-11-23(33-15-16-39)7-6-14-34-29/h5,8-14,17-19,33,36,39H,6-7,15-16H2,1-4H3,(H,35,41)(H,37,40)/b23-11+,29-13+,34-14-. The number of aliphatic imine (C=N–C) groups is 1. The summed E-state index contributed by atoms with van der Waals surface area (Å²) in [5.74, 6) is -0.117. The maximum absolute atomic E-state index is 13.2. The van der Waals surface area contributed by atoms with E-state index in [1.165, 1.54) is 12.1 Å². The van der Waals surface area contributed by atoms with E-state index in [0.717, 1.165) is 23.2 Å². The number of aromatic nitrogens is 1. The molecule has 0 atom stereocenters. The number of anilines is 2. The zero-order chi connectivity index (χ0) is 31.1. The first-order valence-corrected chi connectivity index (χ1v) is 14.0. The van der Waals surface area contributed by atoms with Crippen molar-refractivity contribution in [1.29, 1.82) is 0 Å². The van der Waals surface area contributed by atoms with Gasteiger partial charge in [0.25, 0.3) is 17.2 Å². The van der Waals surface area contributed by atoms with Crippen LogP contribution in [0.4, 0.5) is 17.1 Å². The Morgan fingerprint density at radius 3 is 2.65 bits per heavy atom. The third-order valence-corrected chi connectivity index (χ3v) is 7.04. The number of carbonyl (C=O) groups is 1. The first-order chi connectivity index (χ1) is 20.5. The van der Waals surface area contributed by atoms with E-state index in [9.17, 15) is 19.7 Å². The molecule has 2 aromatic carbocycles. The van der Waals surface area contributed by atoms with Crippen LogP contribution in [0.1, 0.15) is 55.1 Å². The third-order valence-electron chi connectivity index (χ3n) is 7.04. The van der Waals surface area contributed by atoms with Crippen LogP contribution >= 0.6 is 0 Å². The number of hydrogen-bond donors (Lipinski definition) is 5. The fraction of sp³-hybridized carbons (Fsp3) is 0.281. The Balaban J connectivity index is 1.61. The van der Waals surface area contributed by atoms with Crippen LogP contribution in [-0.4, -0.2) is 40.3 Å². The lowest BCUT2D eigenvalue weighted by Crippen LogP contribution is -2.18. The number of allylic oxidation sites excluding steroid dienone is 3. The minimum absolute atomic E-state index is 0.0250. The van der Waals surface area contributed by atoms with Gasteiger partial charge in [0.2, 0.25) is 0 Å². The first kappa shape index (κ1) is 30.9. The maximum atomic E-state index is 13.2. The summed E-state index contributed by atoms with van der Waals surface area (Å²) in [7, 11) is 0. The maximum Gasteiger partial charge on any atom is 0.282 e. The lowest BCUT2D eigenvalue weighted by Gasteiger charge is -2.19. The SMILES string of the molecule is Cc1c(NC(=O)c2ccc(C(C)(C)C)cc2[N+](=O)[O-])cccc1-c1c[nH]c(=O)c(NC2=C/C=C(/NCCO)CC/C=N\2)c1. The lowest BCUT2D eigenvalue weighted by atomic mass is 9.86. The number of aliphatic hydroxyl groups excluding tert-OH is 1. The van der Waals surface area contributed by atoms with Gasteiger partial charge < -0.3 is 26.0 Å². The van der Waals surface area contributed by atoms with Crippen LogP contribution in [0.3, 0.4) is 0 Å². The molecule has 1 amide bonds. The molecule has 0 saturated carbocycles. The van der Waals surface area contributed by atoms with Crippen LogP contribution in [0.2, 0.25) is 0 Å². The van der Waals surface area contributed by atoms with E-state index in [-0.39, 0.29) is 34.5 Å². The van der Waals surface area contributed by atoms with Gasteiger partial charge in [0, 0.05) is 42.0 Å². The number of carbonyl (C=O) groups excluding carboxylic acids is 1. The highest BCUT2D eigenvalue weighted by Gasteiger charge is 2.25. The summed E-state index contributed by atoms with van der Waals surface area (Å²) in [5.41, 5.74) is 3.69. The molecule has 0 unspecified atom stereocenters. The molecule has 0 saturated heterocycles. The van der Waals surface area contributed by atoms with E-state index < -0.39 is 10.8 Å². The Hall–Kier alpha value is -5.03. The van der Waals surface area contributed by atoms with Gasteiger partial charge in [0.15, 0.2) is 0 Å². The number of pyridine rings is 1. The quantitative estimate of drug-likeness (QED) is 0.166. The number of hydrogen-bond acceptors (Lipinski definition) is 8. The van der Waals surface area contributed by atoms with Crippen molar-refractivity contribution in [1.82, 2.24) is 10.3 Å². The molecule has 1 aliphatic heterocycles. The second-order valence-electron chi connectivity index (χ2n) is 11.2. The molecular formula is C32H36N6O5. The number of nitrogens with one attached hydrogen (secondary N) is 4. The molecule has 224 valence electrons. The topological polar surface area (TPSA) is 162 Å². The fourth-order valence-electron chi connectivity index (χ4n) is 4.61. The van der Waals surface area contributed by atoms with Gasteiger partial charge in [-0.05, 0) is 72.2 Å². The summed E-state index contributed by atoms with van der Waals surface area (Å²) in [4.78, 5) is 44.4. The predicted octanol–water partition coefficient (Wildman–Crippen LogP) is 5.39. The predicted molar refractivity (Wildman–Crippen MR) is 170 cm³/mol. The highest BCUT2D eigenvalue weighted by molar-refractivity contribution is 6.07. The van der Waals surface area contributed by atoms with Gasteiger partial charge >= 0.3 is 0 Å². The fourth-order valence-corrected chi connectivity index (χ4v) is 4.61. The molecule has 1 aliphatic rings. The highest BCUT2D eigenvalue weighted by Crippen LogP contribution is 2.32. The molecule has 3 aromatic rings. The molecular weight excluding hydrogens is 548 g/mol. The monoisotopic (exact) mass is 584 g/mol. The molecule has 0 spiro atoms. The smallest absolute Gasteiger partial charge is 0.282 e. The second-order valence-corrected chi connectivity index (χ2v) is 11.2. The Morgan fingerprint density at radius 1 is 1.14 bits per heavy atom. The number of nitro benzene ring substituents is 1. The van der Waals surface area contributed by atoms with Gasteiger partial charge in [-0.2, -0.15) is 0 Å². The molecule has 0 fully saturated rings. The van der Waals surface area contributed by atoms with Crippen LogP contribution in [0, 0.1) is 17.0 Å². The Labute approximate surface area is 249 Å². The van der Waals surface area contributed by atoms with Gasteiger partial charge in [-0.1, -0.05) is 39.0 Å². The summed E-state index contributed by atoms with van der Waals surface area (Å²) in [6.45, 7) is 8.15. The van der Waals surface area contributed by atoms with Gasteiger partial charge in [0.05, 0.1) is 11.5 Å². The van der Waals surface area contributed by atoms with Crippen LogP contribution < -0.4 is 21.5 Å². The average Bonchev–Trinajstić information content (AvgIpc) is 2.95. The first-order valence-electron chi connectivity index (χ1n) is 14.0. The van der Waals surface area contributed by atoms with Crippen molar-refractivity contribution in [2.45, 2.75) is 46.0 Å². The summed E-state index contributed by atoms with van der Waals surface area (Å²) >= 11 is 0. The number of rotatable bonds is 9. The normalized spacial score (nSPS) is 16.5. The van der Waals surface area contributed by atoms with Crippen LogP contribution in [0.25, 0.3) is 11.1 Å². The van der Waals surface area contributed by atoms with E-state index in [4.69, 9.17) is 5.11 Å². The van der Waals surface area contributed by atoms with Crippen molar-refractivity contribution >= 4 is 29.2 Å². The second kappa shape index (κ2) is 13.3. The number of benzene rings is 2. The van der Waals surface area contributed by atoms with E-state index in [1.807, 2.05) is 39.8 Å². The number of nitro groups is 1. The van der Waals surface area contributed by atoms with E-state index in [0.29, 0.717) is 35.6 Å². The molecule has 43 heavy (non-hydrogen) atoms. The molecule has 0 bridgehead atoms. The largest absolute Gasteiger partial charge is 0.395 e. The molecule has 2 heterocycles. The molecule has 0 radical (unpaired) electrons. The zero-order valence-corrected chi connectivity index (χ0v) is 24.7. The third kappa shape index (κ3) is 7.63. The van der Waals surface area contributed by atoms with Gasteiger partial charge in [-0.15, -0.1) is 0 Å². The lowest BCUT2D eigenvalue weighted by molar-refractivity contribution is -0.385. The van der Waals surface area contributed by atoms with Crippen molar-refractivity contribution < 1.29 is 14.8 Å². The van der Waals surface area contributed by atoms with Crippen molar-refractivity contribution in [3.8, 4) is 11.1 Å². The molecule has 4 rings (SSSR count). The highest BCUT2D eigenvalue weighted by atomic mass is 16.6. The summed E-state index contributed by atoms with van der Waals surface area (Å²) in [5, 5.41) is 30.0. The Morgan fingerprint density at radius 2 is 1.93 bits per heavy atom. The summed E-state index contributed by atoms with van der Waals surface area (Å²) < 4.78 is 0. The summed E-state index contributed by atoms with van der Waals surface area (Å²) in [6.07, 6.45) is 8.43. The zero-order valence-electron chi connectivity index (χ0n) is 24.7. The number of aromatic amines is 1. The minimum Gasteiger partial charge on any atom is -0.395 e. The number of nitrogens with zero attached hydrogens (tertiary/aromatic N) is 2. The van der Waals surface area contributed by atoms with E-state index in [2.05, 4.69) is 25.9 Å². The number of amides is 1. The van der Waals surface area contributed by atoms with Crippen molar-refractivity contribution in [2.24, 2.45) is 4.99 Å². The van der Waals surface area contributed by atoms with Crippen molar-refractivity contribution in [2.75, 3.05) is 23.8 Å². The molecule has 5 N–H and O–H groups in total. The number of aliphatic hydroxyl groups is 1. The van der Waals surface area contributed by atoms with Crippen LogP contribution in [-0.2, 0) is 5.41 Å². The van der Waals surface area contributed by atoms with Gasteiger partial charge in [-0.3, -0.25) is 19.7 Å². The van der Waals surface area contributed by atoms with Gasteiger partial charge in [-0.25, -0.2) is 4.99 Å². The molecule has 11 heteroatoms. The van der Waals surface area contributed by atoms with Crippen molar-refractivity contribution in [3.63, 3.8) is 0 Å². The molecule has 11 nitrogen and oxygen atoms in total. The Bertz CT molecular complexity index is 1680. The molecule has 0 aliphatic carbocycles. The van der Waals surface area contributed by atoms with E-state index >= 15 is 0 Å². The van der Waals surface area contributed by atoms with Gasteiger partial charge in [0.1, 0.15) is 17.1 Å². The minimum atomic E-state index is -0.591.